The normalized spacial score (nSPS) is 17.3. The number of hydrogen-bond donors (Lipinski definition) is 0. The number of halogens is 1. The molecule has 4 nitrogen and oxygen atoms in total. The minimum atomic E-state index is -0.834. The number of ketones is 2. The summed E-state index contributed by atoms with van der Waals surface area (Å²) in [6.45, 7) is 0. The van der Waals surface area contributed by atoms with E-state index in [1.807, 2.05) is 0 Å². The van der Waals surface area contributed by atoms with Gasteiger partial charge in [-0.2, -0.15) is 0 Å². The molecule has 0 fully saturated rings. The predicted molar refractivity (Wildman–Crippen MR) is 64.3 cm³/mol. The average molecular weight is 256 g/mol. The number of benzene rings is 1. The van der Waals surface area contributed by atoms with E-state index in [-0.39, 0.29) is 18.0 Å². The van der Waals surface area contributed by atoms with Crippen molar-refractivity contribution in [3.63, 3.8) is 0 Å². The minimum Gasteiger partial charge on any atom is -0.293 e. The van der Waals surface area contributed by atoms with Crippen LogP contribution in [0.3, 0.4) is 0 Å². The van der Waals surface area contributed by atoms with E-state index in [1.54, 1.807) is 6.07 Å². The van der Waals surface area contributed by atoms with E-state index in [0.717, 1.165) is 0 Å². The molecule has 0 amide bonds. The van der Waals surface area contributed by atoms with E-state index in [4.69, 9.17) is 0 Å². The molecule has 0 aliphatic heterocycles. The fraction of sp³-hybridized carbons (Fsp3) is 0.143. The second-order valence-electron chi connectivity index (χ2n) is 4.36. The molecular formula is C14H9FN2O2. The molecule has 1 atom stereocenters. The van der Waals surface area contributed by atoms with Gasteiger partial charge in [0.15, 0.2) is 11.6 Å². The molecule has 2 aromatic rings. The van der Waals surface area contributed by atoms with Gasteiger partial charge in [-0.05, 0) is 36.2 Å². The molecule has 1 aromatic heterocycles. The fourth-order valence-electron chi connectivity index (χ4n) is 2.27. The number of nitrogens with zero attached hydrogens (tertiary/aromatic N) is 2. The smallest absolute Gasteiger partial charge is 0.211 e. The van der Waals surface area contributed by atoms with Crippen molar-refractivity contribution in [2.75, 3.05) is 0 Å². The second-order valence-corrected chi connectivity index (χ2v) is 4.36. The van der Waals surface area contributed by atoms with Crippen LogP contribution in [-0.2, 0) is 6.42 Å². The zero-order valence-electron chi connectivity index (χ0n) is 9.84. The molecular weight excluding hydrogens is 247 g/mol. The summed E-state index contributed by atoms with van der Waals surface area (Å²) in [6.07, 6.45) is 3.11. The number of hydrogen-bond acceptors (Lipinski definition) is 4. The molecule has 19 heavy (non-hydrogen) atoms. The van der Waals surface area contributed by atoms with Crippen LogP contribution in [0.1, 0.15) is 26.5 Å². The van der Waals surface area contributed by atoms with Gasteiger partial charge < -0.3 is 0 Å². The van der Waals surface area contributed by atoms with E-state index in [9.17, 15) is 14.0 Å². The Morgan fingerprint density at radius 1 is 1.26 bits per heavy atom. The molecule has 1 heterocycles. The molecule has 94 valence electrons. The fourth-order valence-corrected chi connectivity index (χ4v) is 2.27. The van der Waals surface area contributed by atoms with Crippen LogP contribution < -0.4 is 0 Å². The van der Waals surface area contributed by atoms with Gasteiger partial charge in [-0.25, -0.2) is 14.4 Å². The molecule has 0 bridgehead atoms. The van der Waals surface area contributed by atoms with Gasteiger partial charge in [0, 0.05) is 18.0 Å². The van der Waals surface area contributed by atoms with E-state index in [2.05, 4.69) is 9.97 Å². The highest BCUT2D eigenvalue weighted by atomic mass is 19.1. The van der Waals surface area contributed by atoms with Crippen molar-refractivity contribution >= 4 is 11.6 Å². The third-order valence-corrected chi connectivity index (χ3v) is 3.18. The van der Waals surface area contributed by atoms with Gasteiger partial charge in [-0.3, -0.25) is 9.59 Å². The predicted octanol–water partition coefficient (Wildman–Crippen LogP) is 1.85. The summed E-state index contributed by atoms with van der Waals surface area (Å²) >= 11 is 0. The molecule has 0 saturated heterocycles. The first-order valence-corrected chi connectivity index (χ1v) is 5.80. The summed E-state index contributed by atoms with van der Waals surface area (Å²) in [4.78, 5) is 32.0. The molecule has 1 aromatic carbocycles. The number of fused-ring (bicyclic) bond motifs is 1. The maximum atomic E-state index is 13.1. The Kier molecular flexibility index (Phi) is 2.67. The first-order valence-electron chi connectivity index (χ1n) is 5.80. The Labute approximate surface area is 108 Å². The van der Waals surface area contributed by atoms with Crippen LogP contribution in [0.2, 0.25) is 0 Å². The zero-order valence-corrected chi connectivity index (χ0v) is 9.84. The zero-order chi connectivity index (χ0) is 13.4. The number of aromatic nitrogens is 2. The lowest BCUT2D eigenvalue weighted by Crippen LogP contribution is -2.22. The molecule has 0 spiro atoms. The first kappa shape index (κ1) is 11.6. The summed E-state index contributed by atoms with van der Waals surface area (Å²) in [5, 5.41) is 0. The van der Waals surface area contributed by atoms with Crippen LogP contribution in [0.15, 0.2) is 36.7 Å². The Morgan fingerprint density at radius 3 is 2.74 bits per heavy atom. The van der Waals surface area contributed by atoms with Gasteiger partial charge in [-0.15, -0.1) is 0 Å². The SMILES string of the molecule is O=C(c1ncccn1)C1Cc2cc(F)ccc2C1=O. The number of carbonyl (C=O) groups is 2. The topological polar surface area (TPSA) is 59.9 Å². The van der Waals surface area contributed by atoms with Crippen molar-refractivity contribution in [2.45, 2.75) is 6.42 Å². The largest absolute Gasteiger partial charge is 0.293 e. The molecule has 0 radical (unpaired) electrons. The van der Waals surface area contributed by atoms with Crippen molar-refractivity contribution in [2.24, 2.45) is 5.92 Å². The van der Waals surface area contributed by atoms with Crippen LogP contribution in [0.5, 0.6) is 0 Å². The van der Waals surface area contributed by atoms with Crippen molar-refractivity contribution in [1.29, 1.82) is 0 Å². The monoisotopic (exact) mass is 256 g/mol. The highest BCUT2D eigenvalue weighted by Gasteiger charge is 2.37. The maximum Gasteiger partial charge on any atom is 0.211 e. The summed E-state index contributed by atoms with van der Waals surface area (Å²) in [7, 11) is 0. The van der Waals surface area contributed by atoms with Gasteiger partial charge in [0.2, 0.25) is 5.78 Å². The lowest BCUT2D eigenvalue weighted by molar-refractivity contribution is 0.0815. The van der Waals surface area contributed by atoms with Gasteiger partial charge in [0.05, 0.1) is 5.92 Å². The standard InChI is InChI=1S/C14H9FN2O2/c15-9-2-3-10-8(6-9)7-11(12(10)18)13(19)14-16-4-1-5-17-14/h1-6,11H,7H2. The second kappa shape index (κ2) is 4.35. The summed E-state index contributed by atoms with van der Waals surface area (Å²) in [5.41, 5.74) is 0.981. The Balaban J connectivity index is 1.94. The molecule has 0 N–H and O–H groups in total. The van der Waals surface area contributed by atoms with Crippen molar-refractivity contribution in [3.05, 3.63) is 59.4 Å². The van der Waals surface area contributed by atoms with Crippen LogP contribution in [0, 0.1) is 11.7 Å². The molecule has 1 aliphatic rings. The quantitative estimate of drug-likeness (QED) is 0.607. The maximum absolute atomic E-state index is 13.1. The Morgan fingerprint density at radius 2 is 2.00 bits per heavy atom. The van der Waals surface area contributed by atoms with Gasteiger partial charge in [0.1, 0.15) is 5.82 Å². The number of rotatable bonds is 2. The van der Waals surface area contributed by atoms with Crippen LogP contribution in [0.4, 0.5) is 4.39 Å². The van der Waals surface area contributed by atoms with Crippen molar-refractivity contribution in [3.8, 4) is 0 Å². The highest BCUT2D eigenvalue weighted by molar-refractivity contribution is 6.17. The number of carbonyl (C=O) groups excluding carboxylic acids is 2. The highest BCUT2D eigenvalue weighted by Crippen LogP contribution is 2.29. The van der Waals surface area contributed by atoms with E-state index in [0.29, 0.717) is 11.1 Å². The molecule has 3 rings (SSSR count). The lowest BCUT2D eigenvalue weighted by Gasteiger charge is -2.04. The van der Waals surface area contributed by atoms with Crippen LogP contribution >= 0.6 is 0 Å². The van der Waals surface area contributed by atoms with Gasteiger partial charge in [0.25, 0.3) is 0 Å². The summed E-state index contributed by atoms with van der Waals surface area (Å²) < 4.78 is 13.1. The van der Waals surface area contributed by atoms with E-state index >= 15 is 0 Å². The third kappa shape index (κ3) is 1.93. The third-order valence-electron chi connectivity index (χ3n) is 3.18. The minimum absolute atomic E-state index is 0.0223. The average Bonchev–Trinajstić information content (AvgIpc) is 2.75. The van der Waals surface area contributed by atoms with Crippen molar-refractivity contribution < 1.29 is 14.0 Å². The molecule has 1 aliphatic carbocycles. The van der Waals surface area contributed by atoms with E-state index < -0.39 is 17.5 Å². The summed E-state index contributed by atoms with van der Waals surface area (Å²) in [5.74, 6) is -1.92. The summed E-state index contributed by atoms with van der Waals surface area (Å²) in [6, 6.07) is 5.54. The Hall–Kier alpha value is -2.43. The lowest BCUT2D eigenvalue weighted by atomic mass is 9.99. The molecule has 5 heteroatoms. The van der Waals surface area contributed by atoms with Crippen LogP contribution in [-0.4, -0.2) is 21.5 Å². The van der Waals surface area contributed by atoms with Gasteiger partial charge >= 0.3 is 0 Å². The van der Waals surface area contributed by atoms with Crippen molar-refractivity contribution in [1.82, 2.24) is 9.97 Å². The number of Topliss-reactive ketones (excluding diaryl/α,β-unsaturated/α-hetero) is 2. The molecule has 1 unspecified atom stereocenters. The molecule has 0 saturated carbocycles. The first-order chi connectivity index (χ1) is 9.16. The van der Waals surface area contributed by atoms with Gasteiger partial charge in [-0.1, -0.05) is 0 Å². The van der Waals surface area contributed by atoms with E-state index in [1.165, 1.54) is 30.6 Å². The Bertz CT molecular complexity index is 670. The van der Waals surface area contributed by atoms with Crippen LogP contribution in [0.25, 0.3) is 0 Å².